The Morgan fingerprint density at radius 2 is 1.80 bits per heavy atom. The molecule has 0 aromatic rings. The molecule has 20 heavy (non-hydrogen) atoms. The van der Waals surface area contributed by atoms with Crippen molar-refractivity contribution in [1.29, 1.82) is 0 Å². The lowest BCUT2D eigenvalue weighted by Gasteiger charge is -2.31. The van der Waals surface area contributed by atoms with Crippen LogP contribution in [0.4, 0.5) is 26.7 Å². The number of carboxylic acid groups (broad SMARTS) is 1. The van der Waals surface area contributed by atoms with Gasteiger partial charge in [-0.1, -0.05) is 0 Å². The number of alkyl halides is 5. The van der Waals surface area contributed by atoms with Crippen molar-refractivity contribution in [2.75, 3.05) is 19.7 Å². The van der Waals surface area contributed by atoms with Crippen LogP contribution in [0.5, 0.6) is 0 Å². The third kappa shape index (κ3) is 4.47. The Balaban J connectivity index is 5.12. The summed E-state index contributed by atoms with van der Waals surface area (Å²) in [5, 5.41) is 18.3. The van der Waals surface area contributed by atoms with Crippen LogP contribution in [0.15, 0.2) is 0 Å². The van der Waals surface area contributed by atoms with E-state index in [2.05, 4.69) is 0 Å². The van der Waals surface area contributed by atoms with Crippen LogP contribution in [-0.4, -0.2) is 65.0 Å². The SMILES string of the molecule is CC(NC(=O)N(CCO)CC(F)F)(C(=O)O)C(F)(F)F. The second-order valence-electron chi connectivity index (χ2n) is 3.92. The summed E-state index contributed by atoms with van der Waals surface area (Å²) < 4.78 is 62.2. The van der Waals surface area contributed by atoms with Crippen LogP contribution in [-0.2, 0) is 4.79 Å². The highest BCUT2D eigenvalue weighted by Gasteiger charge is 2.58. The number of nitrogens with one attached hydrogen (secondary N) is 1. The summed E-state index contributed by atoms with van der Waals surface area (Å²) in [6, 6.07) is -1.67. The maximum absolute atomic E-state index is 12.6. The summed E-state index contributed by atoms with van der Waals surface area (Å²) >= 11 is 0. The summed E-state index contributed by atoms with van der Waals surface area (Å²) in [6.07, 6.45) is -8.38. The fourth-order valence-electron chi connectivity index (χ4n) is 1.10. The Hall–Kier alpha value is -1.65. The topological polar surface area (TPSA) is 89.9 Å². The van der Waals surface area contributed by atoms with Crippen molar-refractivity contribution in [3.63, 3.8) is 0 Å². The van der Waals surface area contributed by atoms with Gasteiger partial charge >= 0.3 is 18.2 Å². The highest BCUT2D eigenvalue weighted by atomic mass is 19.4. The van der Waals surface area contributed by atoms with E-state index in [4.69, 9.17) is 10.2 Å². The van der Waals surface area contributed by atoms with Crippen LogP contribution in [0, 0.1) is 0 Å². The summed E-state index contributed by atoms with van der Waals surface area (Å²) in [4.78, 5) is 22.3. The lowest BCUT2D eigenvalue weighted by molar-refractivity contribution is -0.203. The zero-order valence-corrected chi connectivity index (χ0v) is 10.2. The molecule has 0 heterocycles. The Morgan fingerprint density at radius 3 is 2.10 bits per heavy atom. The largest absolute Gasteiger partial charge is 0.479 e. The number of carboxylic acids is 1. The molecule has 0 saturated carbocycles. The number of carbonyl (C=O) groups is 2. The number of rotatable bonds is 6. The zero-order valence-electron chi connectivity index (χ0n) is 10.2. The van der Waals surface area contributed by atoms with E-state index in [0.29, 0.717) is 0 Å². The van der Waals surface area contributed by atoms with E-state index in [1.54, 1.807) is 0 Å². The lowest BCUT2D eigenvalue weighted by Crippen LogP contribution is -2.64. The average Bonchev–Trinajstić information content (AvgIpc) is 2.25. The molecule has 1 atom stereocenters. The predicted octanol–water partition coefficient (Wildman–Crippen LogP) is 0.661. The van der Waals surface area contributed by atoms with Crippen molar-refractivity contribution in [3.8, 4) is 0 Å². The quantitative estimate of drug-likeness (QED) is 0.629. The Morgan fingerprint density at radius 1 is 1.30 bits per heavy atom. The third-order valence-electron chi connectivity index (χ3n) is 2.37. The van der Waals surface area contributed by atoms with Crippen molar-refractivity contribution in [2.45, 2.75) is 25.1 Å². The normalized spacial score (nSPS) is 14.8. The first-order chi connectivity index (χ1) is 8.95. The van der Waals surface area contributed by atoms with Crippen LogP contribution >= 0.6 is 0 Å². The Kier molecular flexibility index (Phi) is 6.13. The number of hydrogen-bond donors (Lipinski definition) is 3. The first-order valence-corrected chi connectivity index (χ1v) is 5.22. The molecule has 6 nitrogen and oxygen atoms in total. The van der Waals surface area contributed by atoms with Crippen LogP contribution < -0.4 is 5.32 Å². The number of aliphatic carboxylic acids is 1. The number of aliphatic hydroxyl groups excluding tert-OH is 1. The number of amides is 2. The minimum atomic E-state index is -5.33. The molecule has 1 unspecified atom stereocenters. The Bertz CT molecular complexity index is 363. The second kappa shape index (κ2) is 6.68. The number of carbonyl (C=O) groups excluding carboxylic acids is 1. The minimum Gasteiger partial charge on any atom is -0.479 e. The lowest BCUT2D eigenvalue weighted by atomic mass is 10.0. The van der Waals surface area contributed by atoms with E-state index in [9.17, 15) is 31.5 Å². The number of halogens is 5. The standard InChI is InChI=1S/C9H13F5N2O4/c1-8(6(18)19,9(12,13)14)15-7(20)16(2-3-17)4-5(10)11/h5,17H,2-4H2,1H3,(H,15,20)(H,18,19). The monoisotopic (exact) mass is 308 g/mol. The van der Waals surface area contributed by atoms with Crippen molar-refractivity contribution >= 4 is 12.0 Å². The fourth-order valence-corrected chi connectivity index (χ4v) is 1.10. The number of aliphatic hydroxyl groups is 1. The molecule has 118 valence electrons. The van der Waals surface area contributed by atoms with Crippen LogP contribution in [0.1, 0.15) is 6.92 Å². The summed E-state index contributed by atoms with van der Waals surface area (Å²) in [7, 11) is 0. The average molecular weight is 308 g/mol. The van der Waals surface area contributed by atoms with Crippen molar-refractivity contribution in [2.24, 2.45) is 0 Å². The molecule has 0 fully saturated rings. The van der Waals surface area contributed by atoms with Gasteiger partial charge in [0, 0.05) is 6.54 Å². The summed E-state index contributed by atoms with van der Waals surface area (Å²) in [6.45, 7) is -2.48. The molecule has 0 aromatic heterocycles. The molecule has 0 aliphatic carbocycles. The second-order valence-corrected chi connectivity index (χ2v) is 3.92. The molecule has 0 saturated heterocycles. The first kappa shape index (κ1) is 18.4. The molecule has 0 spiro atoms. The molecule has 2 amide bonds. The van der Waals surface area contributed by atoms with Gasteiger partial charge in [0.25, 0.3) is 6.43 Å². The van der Waals surface area contributed by atoms with Gasteiger partial charge in [0.15, 0.2) is 0 Å². The summed E-state index contributed by atoms with van der Waals surface area (Å²) in [5.74, 6) is -2.39. The molecule has 0 aromatic carbocycles. The zero-order chi connectivity index (χ0) is 16.1. The van der Waals surface area contributed by atoms with Crippen LogP contribution in [0.3, 0.4) is 0 Å². The van der Waals surface area contributed by atoms with Crippen LogP contribution in [0.25, 0.3) is 0 Å². The molecule has 11 heteroatoms. The van der Waals surface area contributed by atoms with Gasteiger partial charge in [-0.3, -0.25) is 0 Å². The molecule has 0 aliphatic rings. The maximum atomic E-state index is 12.6. The van der Waals surface area contributed by atoms with Crippen molar-refractivity contribution < 1.29 is 41.8 Å². The van der Waals surface area contributed by atoms with E-state index in [-0.39, 0.29) is 11.8 Å². The van der Waals surface area contributed by atoms with Crippen molar-refractivity contribution in [1.82, 2.24) is 10.2 Å². The highest BCUT2D eigenvalue weighted by molar-refractivity contribution is 5.86. The van der Waals surface area contributed by atoms with E-state index < -0.39 is 49.8 Å². The molecule has 0 aliphatic heterocycles. The van der Waals surface area contributed by atoms with Gasteiger partial charge in [-0.25, -0.2) is 18.4 Å². The molecular formula is C9H13F5N2O4. The third-order valence-corrected chi connectivity index (χ3v) is 2.37. The van der Waals surface area contributed by atoms with Gasteiger partial charge in [-0.05, 0) is 6.92 Å². The van der Waals surface area contributed by atoms with Gasteiger partial charge in [-0.2, -0.15) is 13.2 Å². The molecule has 0 bridgehead atoms. The Labute approximate surface area is 110 Å². The smallest absolute Gasteiger partial charge is 0.422 e. The van der Waals surface area contributed by atoms with E-state index in [1.165, 1.54) is 0 Å². The van der Waals surface area contributed by atoms with Gasteiger partial charge in [-0.15, -0.1) is 0 Å². The van der Waals surface area contributed by atoms with E-state index in [1.807, 2.05) is 0 Å². The molecular weight excluding hydrogens is 295 g/mol. The van der Waals surface area contributed by atoms with E-state index in [0.717, 1.165) is 5.32 Å². The van der Waals surface area contributed by atoms with Gasteiger partial charge in [0.1, 0.15) is 0 Å². The number of hydrogen-bond acceptors (Lipinski definition) is 3. The molecule has 0 rings (SSSR count). The summed E-state index contributed by atoms with van der Waals surface area (Å²) in [5.41, 5.74) is -3.63. The number of urea groups is 1. The molecule has 3 N–H and O–H groups in total. The van der Waals surface area contributed by atoms with Crippen LogP contribution in [0.2, 0.25) is 0 Å². The number of nitrogens with zero attached hydrogens (tertiary/aromatic N) is 1. The van der Waals surface area contributed by atoms with E-state index >= 15 is 0 Å². The van der Waals surface area contributed by atoms with Crippen molar-refractivity contribution in [3.05, 3.63) is 0 Å². The van der Waals surface area contributed by atoms with Gasteiger partial charge in [0.05, 0.1) is 13.2 Å². The van der Waals surface area contributed by atoms with Gasteiger partial charge < -0.3 is 20.4 Å². The fraction of sp³-hybridized carbons (Fsp3) is 0.778. The molecule has 0 radical (unpaired) electrons. The highest BCUT2D eigenvalue weighted by Crippen LogP contribution is 2.30. The first-order valence-electron chi connectivity index (χ1n) is 5.22. The maximum Gasteiger partial charge on any atom is 0.422 e. The van der Waals surface area contributed by atoms with Gasteiger partial charge in [0.2, 0.25) is 5.54 Å². The minimum absolute atomic E-state index is 0.187. The predicted molar refractivity (Wildman–Crippen MR) is 55.3 cm³/mol.